The lowest BCUT2D eigenvalue weighted by Crippen LogP contribution is -2.43. The first-order chi connectivity index (χ1) is 16.0. The molecule has 4 rings (SSSR count). The maximum absolute atomic E-state index is 13.5. The number of carbonyl (C=O) groups is 1. The summed E-state index contributed by atoms with van der Waals surface area (Å²) in [6, 6.07) is 12.1. The number of ether oxygens (including phenoxy) is 2. The summed E-state index contributed by atoms with van der Waals surface area (Å²) < 4.78 is 10.3. The third-order valence-electron chi connectivity index (χ3n) is 5.47. The fourth-order valence-electron chi connectivity index (χ4n) is 3.89. The number of methoxy groups -OCH3 is 2. The third-order valence-corrected chi connectivity index (χ3v) is 5.71. The minimum Gasteiger partial charge on any atom is -0.481 e. The molecule has 0 aliphatic heterocycles. The first-order valence-electron chi connectivity index (χ1n) is 10.6. The maximum atomic E-state index is 13.5. The van der Waals surface area contributed by atoms with Crippen molar-refractivity contribution >= 4 is 35.0 Å². The lowest BCUT2D eigenvalue weighted by atomic mass is 10.1. The fraction of sp³-hybridized carbons (Fsp3) is 0.304. The van der Waals surface area contributed by atoms with Gasteiger partial charge in [-0.1, -0.05) is 36.6 Å². The molecule has 2 heterocycles. The van der Waals surface area contributed by atoms with Gasteiger partial charge in [-0.15, -0.1) is 0 Å². The van der Waals surface area contributed by atoms with Gasteiger partial charge in [0.2, 0.25) is 5.88 Å². The number of hydrogen-bond donors (Lipinski definition) is 2. The summed E-state index contributed by atoms with van der Waals surface area (Å²) in [5.41, 5.74) is 8.22. The Morgan fingerprint density at radius 3 is 2.58 bits per heavy atom. The summed E-state index contributed by atoms with van der Waals surface area (Å²) in [4.78, 5) is 28.2. The van der Waals surface area contributed by atoms with E-state index < -0.39 is 6.03 Å². The fourth-order valence-corrected chi connectivity index (χ4v) is 4.08. The number of anilines is 3. The molecule has 0 saturated heterocycles. The van der Waals surface area contributed by atoms with Crippen molar-refractivity contribution in [1.29, 1.82) is 0 Å². The van der Waals surface area contributed by atoms with Gasteiger partial charge in [0.05, 0.1) is 25.6 Å². The molecule has 2 aromatic heterocycles. The van der Waals surface area contributed by atoms with Crippen LogP contribution in [0, 0.1) is 0 Å². The van der Waals surface area contributed by atoms with E-state index in [1.807, 2.05) is 24.3 Å². The maximum Gasteiger partial charge on any atom is 0.328 e. The van der Waals surface area contributed by atoms with Gasteiger partial charge in [-0.3, -0.25) is 10.2 Å². The Balaban J connectivity index is 1.71. The van der Waals surface area contributed by atoms with Crippen LogP contribution in [0.15, 0.2) is 42.5 Å². The molecule has 2 amide bonds. The monoisotopic (exact) mass is 468 g/mol. The molecular weight excluding hydrogens is 444 g/mol. The number of halogens is 1. The van der Waals surface area contributed by atoms with Crippen LogP contribution in [-0.2, 0) is 0 Å². The van der Waals surface area contributed by atoms with Gasteiger partial charge in [0.15, 0.2) is 5.82 Å². The largest absolute Gasteiger partial charge is 0.481 e. The van der Waals surface area contributed by atoms with Crippen molar-refractivity contribution < 1.29 is 14.3 Å². The van der Waals surface area contributed by atoms with E-state index in [1.165, 1.54) is 20.3 Å². The van der Waals surface area contributed by atoms with E-state index in [4.69, 9.17) is 31.8 Å². The molecule has 10 heteroatoms. The standard InChI is InChI=1S/C23H25ClN6O3/c1-32-20-13-19(27-22(29-20)33-2)28-23(31)30(16-8-3-4-9-16)21-17(25)10-11-18(26-21)14-6-5-7-15(24)12-14/h5-7,10-13,16H,3-4,8-9,25H2,1-2H3,(H,27,28,29,31). The zero-order valence-electron chi connectivity index (χ0n) is 18.4. The molecular formula is C23H25ClN6O3. The smallest absolute Gasteiger partial charge is 0.328 e. The molecule has 0 spiro atoms. The zero-order valence-corrected chi connectivity index (χ0v) is 19.2. The van der Waals surface area contributed by atoms with Gasteiger partial charge in [0.25, 0.3) is 0 Å². The van der Waals surface area contributed by atoms with Crippen molar-refractivity contribution in [2.24, 2.45) is 0 Å². The highest BCUT2D eigenvalue weighted by Crippen LogP contribution is 2.33. The summed E-state index contributed by atoms with van der Waals surface area (Å²) in [6.07, 6.45) is 3.76. The number of nitrogens with zero attached hydrogens (tertiary/aromatic N) is 4. The SMILES string of the molecule is COc1cc(NC(=O)N(c2nc(-c3cccc(Cl)c3)ccc2N)C2CCCC2)nc(OC)n1. The van der Waals surface area contributed by atoms with E-state index in [9.17, 15) is 4.79 Å². The first-order valence-corrected chi connectivity index (χ1v) is 11.0. The van der Waals surface area contributed by atoms with Crippen molar-refractivity contribution in [3.05, 3.63) is 47.5 Å². The third kappa shape index (κ3) is 5.09. The molecule has 1 aromatic carbocycles. The van der Waals surface area contributed by atoms with Crippen molar-refractivity contribution in [3.63, 3.8) is 0 Å². The van der Waals surface area contributed by atoms with Gasteiger partial charge < -0.3 is 15.2 Å². The van der Waals surface area contributed by atoms with Crippen molar-refractivity contribution in [1.82, 2.24) is 15.0 Å². The number of nitrogen functional groups attached to an aromatic ring is 1. The molecule has 1 saturated carbocycles. The van der Waals surface area contributed by atoms with Crippen LogP contribution < -0.4 is 25.4 Å². The quantitative estimate of drug-likeness (QED) is 0.535. The van der Waals surface area contributed by atoms with Crippen LogP contribution in [0.3, 0.4) is 0 Å². The van der Waals surface area contributed by atoms with Crippen molar-refractivity contribution in [2.75, 3.05) is 30.2 Å². The molecule has 1 aliphatic carbocycles. The first kappa shape index (κ1) is 22.6. The number of aromatic nitrogens is 3. The summed E-state index contributed by atoms with van der Waals surface area (Å²) in [6.45, 7) is 0. The van der Waals surface area contributed by atoms with Crippen molar-refractivity contribution in [3.8, 4) is 23.1 Å². The molecule has 1 fully saturated rings. The Morgan fingerprint density at radius 2 is 1.88 bits per heavy atom. The molecule has 0 unspecified atom stereocenters. The molecule has 3 N–H and O–H groups in total. The molecule has 0 radical (unpaired) electrons. The van der Waals surface area contributed by atoms with Crippen LogP contribution in [0.1, 0.15) is 25.7 Å². The Morgan fingerprint density at radius 1 is 1.09 bits per heavy atom. The van der Waals surface area contributed by atoms with E-state index in [0.29, 0.717) is 22.2 Å². The minimum absolute atomic E-state index is 0.0416. The second kappa shape index (κ2) is 9.91. The van der Waals surface area contributed by atoms with Crippen LogP contribution in [0.5, 0.6) is 11.9 Å². The van der Waals surface area contributed by atoms with E-state index in [-0.39, 0.29) is 23.8 Å². The van der Waals surface area contributed by atoms with E-state index in [0.717, 1.165) is 31.2 Å². The number of benzene rings is 1. The van der Waals surface area contributed by atoms with Crippen LogP contribution in [0.2, 0.25) is 5.02 Å². The number of pyridine rings is 1. The number of nitrogens with one attached hydrogen (secondary N) is 1. The predicted molar refractivity (Wildman–Crippen MR) is 128 cm³/mol. The van der Waals surface area contributed by atoms with Gasteiger partial charge in [-0.2, -0.15) is 9.97 Å². The molecule has 33 heavy (non-hydrogen) atoms. The highest BCUT2D eigenvalue weighted by atomic mass is 35.5. The van der Waals surface area contributed by atoms with E-state index in [2.05, 4.69) is 15.3 Å². The molecule has 0 bridgehead atoms. The Hall–Kier alpha value is -3.59. The lowest BCUT2D eigenvalue weighted by Gasteiger charge is -2.29. The number of urea groups is 1. The number of hydrogen-bond acceptors (Lipinski definition) is 7. The number of rotatable bonds is 6. The summed E-state index contributed by atoms with van der Waals surface area (Å²) in [7, 11) is 2.92. The number of nitrogens with two attached hydrogens (primary N) is 1. The van der Waals surface area contributed by atoms with Gasteiger partial charge in [0.1, 0.15) is 5.82 Å². The van der Waals surface area contributed by atoms with Gasteiger partial charge in [-0.05, 0) is 37.1 Å². The van der Waals surface area contributed by atoms with Gasteiger partial charge in [-0.25, -0.2) is 9.78 Å². The Bertz CT molecular complexity index is 1130. The molecule has 0 atom stereocenters. The van der Waals surface area contributed by atoms with Crippen LogP contribution in [0.4, 0.5) is 22.1 Å². The van der Waals surface area contributed by atoms with Crippen LogP contribution >= 0.6 is 11.6 Å². The second-order valence-electron chi connectivity index (χ2n) is 7.64. The number of carbonyl (C=O) groups excluding carboxylic acids is 1. The molecule has 3 aromatic rings. The highest BCUT2D eigenvalue weighted by Gasteiger charge is 2.31. The topological polar surface area (TPSA) is 115 Å². The predicted octanol–water partition coefficient (Wildman–Crippen LogP) is 4.77. The lowest BCUT2D eigenvalue weighted by molar-refractivity contribution is 0.254. The molecule has 9 nitrogen and oxygen atoms in total. The van der Waals surface area contributed by atoms with Crippen LogP contribution in [0.25, 0.3) is 11.3 Å². The minimum atomic E-state index is -0.396. The molecule has 172 valence electrons. The van der Waals surface area contributed by atoms with Crippen molar-refractivity contribution in [2.45, 2.75) is 31.7 Å². The summed E-state index contributed by atoms with van der Waals surface area (Å²) in [5.74, 6) is 0.909. The van der Waals surface area contributed by atoms with Gasteiger partial charge in [0, 0.05) is 22.7 Å². The average molecular weight is 469 g/mol. The normalized spacial score (nSPS) is 13.5. The van der Waals surface area contributed by atoms with Gasteiger partial charge >= 0.3 is 12.0 Å². The Labute approximate surface area is 196 Å². The zero-order chi connectivity index (χ0) is 23.4. The summed E-state index contributed by atoms with van der Waals surface area (Å²) >= 11 is 6.16. The van der Waals surface area contributed by atoms with E-state index >= 15 is 0 Å². The Kier molecular flexibility index (Phi) is 6.79. The summed E-state index contributed by atoms with van der Waals surface area (Å²) in [5, 5.41) is 3.42. The van der Waals surface area contributed by atoms with E-state index in [1.54, 1.807) is 17.0 Å². The van der Waals surface area contributed by atoms with Crippen LogP contribution in [-0.4, -0.2) is 41.2 Å². The second-order valence-corrected chi connectivity index (χ2v) is 8.08. The highest BCUT2D eigenvalue weighted by molar-refractivity contribution is 6.30. The molecule has 1 aliphatic rings. The average Bonchev–Trinajstić information content (AvgIpc) is 3.34. The number of amides is 2.